The topological polar surface area (TPSA) is 35.6 Å². The fraction of sp³-hybridized carbons (Fsp3) is 0.462. The number of benzene rings is 1. The summed E-state index contributed by atoms with van der Waals surface area (Å²) in [5, 5.41) is 7.40. The molecule has 1 aromatic rings. The third kappa shape index (κ3) is 1.89. The molecule has 4 heteroatoms. The van der Waals surface area contributed by atoms with E-state index in [4.69, 9.17) is 0 Å². The van der Waals surface area contributed by atoms with Crippen molar-refractivity contribution >= 4 is 11.6 Å². The van der Waals surface area contributed by atoms with Crippen molar-refractivity contribution in [3.05, 3.63) is 30.3 Å². The van der Waals surface area contributed by atoms with Crippen LogP contribution in [0.25, 0.3) is 0 Å². The minimum absolute atomic E-state index is 0.252. The number of hydrazine groups is 1. The Kier molecular flexibility index (Phi) is 2.73. The van der Waals surface area contributed by atoms with Gasteiger partial charge in [0.1, 0.15) is 0 Å². The Morgan fingerprint density at radius 3 is 2.76 bits per heavy atom. The van der Waals surface area contributed by atoms with Gasteiger partial charge in [-0.05, 0) is 25.1 Å². The number of rotatable bonds is 2. The number of para-hydroxylation sites is 1. The van der Waals surface area contributed by atoms with Crippen molar-refractivity contribution in [3.63, 3.8) is 0 Å². The molecule has 0 radical (unpaired) electrons. The average molecular weight is 231 g/mol. The zero-order chi connectivity index (χ0) is 11.7. The first-order chi connectivity index (χ1) is 8.36. The fourth-order valence-corrected chi connectivity index (χ4v) is 2.66. The second-order valence-electron chi connectivity index (χ2n) is 4.59. The Bertz CT molecular complexity index is 400. The van der Waals surface area contributed by atoms with E-state index in [1.807, 2.05) is 23.2 Å². The molecule has 0 bridgehead atoms. The number of carbonyl (C=O) groups excluding carboxylic acids is 1. The number of carbonyl (C=O) groups is 1. The highest BCUT2D eigenvalue weighted by atomic mass is 16.2. The molecule has 17 heavy (non-hydrogen) atoms. The van der Waals surface area contributed by atoms with Gasteiger partial charge in [-0.2, -0.15) is 0 Å². The fourth-order valence-electron chi connectivity index (χ4n) is 2.66. The number of anilines is 1. The molecule has 0 spiro atoms. The smallest absolute Gasteiger partial charge is 0.243 e. The van der Waals surface area contributed by atoms with Crippen molar-refractivity contribution < 1.29 is 4.79 Å². The number of hydrogen-bond acceptors (Lipinski definition) is 3. The molecule has 2 heterocycles. The second kappa shape index (κ2) is 4.37. The van der Waals surface area contributed by atoms with Crippen molar-refractivity contribution in [2.24, 2.45) is 0 Å². The highest BCUT2D eigenvalue weighted by Gasteiger charge is 2.36. The lowest BCUT2D eigenvalue weighted by Crippen LogP contribution is -2.47. The second-order valence-corrected chi connectivity index (χ2v) is 4.59. The molecule has 1 unspecified atom stereocenters. The lowest BCUT2D eigenvalue weighted by molar-refractivity contribution is -0.129. The highest BCUT2D eigenvalue weighted by Crippen LogP contribution is 2.25. The van der Waals surface area contributed by atoms with Crippen LogP contribution in [0.2, 0.25) is 0 Å². The first-order valence-electron chi connectivity index (χ1n) is 6.21. The predicted octanol–water partition coefficient (Wildman–Crippen LogP) is 1.00. The minimum Gasteiger partial charge on any atom is -0.315 e. The van der Waals surface area contributed by atoms with Crippen LogP contribution in [0.3, 0.4) is 0 Å². The van der Waals surface area contributed by atoms with Crippen LogP contribution in [0.15, 0.2) is 30.3 Å². The summed E-state index contributed by atoms with van der Waals surface area (Å²) in [6.45, 7) is 2.73. The maximum Gasteiger partial charge on any atom is 0.243 e. The first kappa shape index (κ1) is 10.6. The molecule has 1 amide bonds. The summed E-state index contributed by atoms with van der Waals surface area (Å²) in [6, 6.07) is 10.5. The van der Waals surface area contributed by atoms with Crippen LogP contribution < -0.4 is 10.3 Å². The summed E-state index contributed by atoms with van der Waals surface area (Å²) < 4.78 is 0. The SMILES string of the molecule is O=C1CCN(c2ccccc2)N1C1CCNC1. The number of nitrogens with zero attached hydrogens (tertiary/aromatic N) is 2. The minimum atomic E-state index is 0.252. The summed E-state index contributed by atoms with van der Waals surface area (Å²) in [5.41, 5.74) is 1.12. The first-order valence-corrected chi connectivity index (χ1v) is 6.21. The van der Waals surface area contributed by atoms with E-state index < -0.39 is 0 Å². The molecule has 2 aliphatic rings. The van der Waals surface area contributed by atoms with Crippen LogP contribution in [0.1, 0.15) is 12.8 Å². The molecule has 1 atom stereocenters. The third-order valence-corrected chi connectivity index (χ3v) is 3.49. The van der Waals surface area contributed by atoms with Gasteiger partial charge in [0.05, 0.1) is 11.7 Å². The number of hydrogen-bond donors (Lipinski definition) is 1. The molecule has 0 aliphatic carbocycles. The monoisotopic (exact) mass is 231 g/mol. The summed E-state index contributed by atoms with van der Waals surface area (Å²) in [7, 11) is 0. The van der Waals surface area contributed by atoms with Gasteiger partial charge < -0.3 is 5.32 Å². The van der Waals surface area contributed by atoms with Crippen LogP contribution in [-0.2, 0) is 4.79 Å². The average Bonchev–Trinajstić information content (AvgIpc) is 2.99. The Morgan fingerprint density at radius 1 is 1.24 bits per heavy atom. The van der Waals surface area contributed by atoms with Crippen LogP contribution in [-0.4, -0.2) is 36.6 Å². The largest absolute Gasteiger partial charge is 0.315 e. The summed E-state index contributed by atoms with van der Waals surface area (Å²) in [4.78, 5) is 12.0. The quantitative estimate of drug-likeness (QED) is 0.825. The zero-order valence-corrected chi connectivity index (χ0v) is 9.80. The molecular formula is C13H17N3O. The van der Waals surface area contributed by atoms with Crippen molar-refractivity contribution in [2.75, 3.05) is 24.6 Å². The van der Waals surface area contributed by atoms with E-state index in [0.29, 0.717) is 12.5 Å². The third-order valence-electron chi connectivity index (χ3n) is 3.49. The van der Waals surface area contributed by atoms with E-state index in [1.165, 1.54) is 0 Å². The van der Waals surface area contributed by atoms with Crippen molar-refractivity contribution in [1.82, 2.24) is 10.3 Å². The van der Waals surface area contributed by atoms with Gasteiger partial charge in [0.15, 0.2) is 0 Å². The Hall–Kier alpha value is -1.55. The van der Waals surface area contributed by atoms with Gasteiger partial charge in [0, 0.05) is 19.5 Å². The lowest BCUT2D eigenvalue weighted by Gasteiger charge is -2.34. The van der Waals surface area contributed by atoms with Crippen molar-refractivity contribution in [2.45, 2.75) is 18.9 Å². The number of nitrogens with one attached hydrogen (secondary N) is 1. The van der Waals surface area contributed by atoms with Gasteiger partial charge in [-0.15, -0.1) is 0 Å². The molecule has 0 saturated carbocycles. The van der Waals surface area contributed by atoms with E-state index in [9.17, 15) is 4.79 Å². The summed E-state index contributed by atoms with van der Waals surface area (Å²) in [6.07, 6.45) is 1.68. The molecular weight excluding hydrogens is 214 g/mol. The molecule has 1 N–H and O–H groups in total. The molecule has 2 aliphatic heterocycles. The van der Waals surface area contributed by atoms with E-state index in [1.54, 1.807) is 0 Å². The van der Waals surface area contributed by atoms with Crippen LogP contribution in [0.4, 0.5) is 5.69 Å². The van der Waals surface area contributed by atoms with Crippen LogP contribution >= 0.6 is 0 Å². The maximum absolute atomic E-state index is 12.0. The summed E-state index contributed by atoms with van der Waals surface area (Å²) in [5.74, 6) is 0.252. The molecule has 0 aromatic heterocycles. The molecule has 2 fully saturated rings. The van der Waals surface area contributed by atoms with Gasteiger partial charge >= 0.3 is 0 Å². The molecule has 3 rings (SSSR count). The van der Waals surface area contributed by atoms with Crippen LogP contribution in [0.5, 0.6) is 0 Å². The standard InChI is InChI=1S/C13H17N3O/c17-13-7-9-15(11-4-2-1-3-5-11)16(13)12-6-8-14-10-12/h1-5,12,14H,6-10H2. The van der Waals surface area contributed by atoms with Gasteiger partial charge in [-0.25, -0.2) is 5.01 Å². The van der Waals surface area contributed by atoms with Crippen LogP contribution in [0, 0.1) is 0 Å². The van der Waals surface area contributed by atoms with E-state index in [2.05, 4.69) is 22.5 Å². The zero-order valence-electron chi connectivity index (χ0n) is 9.80. The van der Waals surface area contributed by atoms with E-state index >= 15 is 0 Å². The number of amides is 1. The molecule has 2 saturated heterocycles. The molecule has 1 aromatic carbocycles. The predicted molar refractivity (Wildman–Crippen MR) is 66.5 cm³/mol. The Balaban J connectivity index is 1.86. The van der Waals surface area contributed by atoms with Crippen molar-refractivity contribution in [1.29, 1.82) is 0 Å². The van der Waals surface area contributed by atoms with E-state index in [0.717, 1.165) is 31.7 Å². The molecule has 4 nitrogen and oxygen atoms in total. The Labute approximate surface area is 101 Å². The van der Waals surface area contributed by atoms with Gasteiger partial charge in [-0.1, -0.05) is 18.2 Å². The lowest BCUT2D eigenvalue weighted by atomic mass is 10.2. The maximum atomic E-state index is 12.0. The highest BCUT2D eigenvalue weighted by molar-refractivity contribution is 5.82. The molecule has 90 valence electrons. The Morgan fingerprint density at radius 2 is 2.06 bits per heavy atom. The van der Waals surface area contributed by atoms with E-state index in [-0.39, 0.29) is 5.91 Å². The van der Waals surface area contributed by atoms with Crippen molar-refractivity contribution in [3.8, 4) is 0 Å². The van der Waals surface area contributed by atoms with Gasteiger partial charge in [-0.3, -0.25) is 9.80 Å². The normalized spacial score (nSPS) is 24.7. The summed E-state index contributed by atoms with van der Waals surface area (Å²) >= 11 is 0. The van der Waals surface area contributed by atoms with Gasteiger partial charge in [0.2, 0.25) is 5.91 Å². The van der Waals surface area contributed by atoms with Gasteiger partial charge in [0.25, 0.3) is 0 Å².